The van der Waals surface area contributed by atoms with Crippen molar-refractivity contribution < 1.29 is 23.5 Å². The molecule has 0 bridgehead atoms. The Morgan fingerprint density at radius 2 is 1.78 bits per heavy atom. The van der Waals surface area contributed by atoms with E-state index in [1.165, 1.54) is 11.3 Å². The van der Waals surface area contributed by atoms with Gasteiger partial charge in [0.1, 0.15) is 23.3 Å². The lowest BCUT2D eigenvalue weighted by Crippen LogP contribution is -2.43. The molecule has 0 aliphatic heterocycles. The van der Waals surface area contributed by atoms with E-state index >= 15 is 0 Å². The van der Waals surface area contributed by atoms with Crippen LogP contribution in [0.5, 0.6) is 11.5 Å². The van der Waals surface area contributed by atoms with Gasteiger partial charge in [-0.15, -0.1) is 11.3 Å². The summed E-state index contributed by atoms with van der Waals surface area (Å²) in [5, 5.41) is 4.93. The van der Waals surface area contributed by atoms with E-state index in [1.807, 2.05) is 53.9 Å². The molecule has 0 unspecified atom stereocenters. The van der Waals surface area contributed by atoms with E-state index in [4.69, 9.17) is 13.9 Å². The highest BCUT2D eigenvalue weighted by Gasteiger charge is 2.32. The second-order valence-corrected chi connectivity index (χ2v) is 9.13. The smallest absolute Gasteiger partial charge is 0.247 e. The lowest BCUT2D eigenvalue weighted by atomic mass is 10.0. The molecule has 2 heterocycles. The van der Waals surface area contributed by atoms with Crippen LogP contribution in [0, 0.1) is 0 Å². The molecule has 186 valence electrons. The minimum atomic E-state index is -0.893. The van der Waals surface area contributed by atoms with Gasteiger partial charge in [0.2, 0.25) is 11.8 Å². The quantitative estimate of drug-likeness (QED) is 0.311. The second-order valence-electron chi connectivity index (χ2n) is 8.10. The SMILES string of the molecule is COc1ccc(CNC(=O)[C@@H](c2cccc(OC)c2)N(Cc2ccco2)C(=O)Cc2cccs2)cc1. The lowest BCUT2D eigenvalue weighted by molar-refractivity contribution is -0.141. The zero-order chi connectivity index (χ0) is 25.3. The van der Waals surface area contributed by atoms with E-state index in [0.29, 0.717) is 23.6 Å². The number of thiophene rings is 1. The number of benzene rings is 2. The molecule has 36 heavy (non-hydrogen) atoms. The van der Waals surface area contributed by atoms with Crippen molar-refractivity contribution in [2.24, 2.45) is 0 Å². The monoisotopic (exact) mass is 504 g/mol. The molecule has 0 spiro atoms. The van der Waals surface area contributed by atoms with E-state index in [9.17, 15) is 9.59 Å². The Balaban J connectivity index is 1.65. The molecular weight excluding hydrogens is 476 g/mol. The molecule has 0 fully saturated rings. The van der Waals surface area contributed by atoms with E-state index in [1.54, 1.807) is 49.6 Å². The fourth-order valence-electron chi connectivity index (χ4n) is 3.87. The average Bonchev–Trinajstić information content (AvgIpc) is 3.62. The number of methoxy groups -OCH3 is 2. The number of ether oxygens (including phenoxy) is 2. The Hall–Kier alpha value is -4.04. The third-order valence-corrected chi connectivity index (χ3v) is 6.60. The van der Waals surface area contributed by atoms with Gasteiger partial charge < -0.3 is 24.1 Å². The molecule has 2 amide bonds. The molecule has 0 saturated carbocycles. The van der Waals surface area contributed by atoms with Crippen LogP contribution in [0.25, 0.3) is 0 Å². The minimum absolute atomic E-state index is 0.148. The summed E-state index contributed by atoms with van der Waals surface area (Å²) in [7, 11) is 3.18. The van der Waals surface area contributed by atoms with Gasteiger partial charge in [0.15, 0.2) is 0 Å². The first-order chi connectivity index (χ1) is 17.6. The summed E-state index contributed by atoms with van der Waals surface area (Å²) in [5.74, 6) is 1.45. The molecule has 2 aromatic carbocycles. The molecule has 0 aliphatic rings. The van der Waals surface area contributed by atoms with Gasteiger partial charge in [0.05, 0.1) is 33.4 Å². The number of furan rings is 1. The number of nitrogens with zero attached hydrogens (tertiary/aromatic N) is 1. The number of rotatable bonds is 11. The van der Waals surface area contributed by atoms with Crippen LogP contribution in [0.4, 0.5) is 0 Å². The fraction of sp³-hybridized carbons (Fsp3) is 0.214. The first-order valence-corrected chi connectivity index (χ1v) is 12.3. The Kier molecular flexibility index (Phi) is 8.41. The van der Waals surface area contributed by atoms with Crippen LogP contribution in [0.2, 0.25) is 0 Å². The van der Waals surface area contributed by atoms with E-state index < -0.39 is 6.04 Å². The predicted octanol–water partition coefficient (Wildman–Crippen LogP) is 4.99. The van der Waals surface area contributed by atoms with Crippen LogP contribution in [-0.2, 0) is 29.1 Å². The van der Waals surface area contributed by atoms with E-state index in [-0.39, 0.29) is 24.8 Å². The van der Waals surface area contributed by atoms with Gasteiger partial charge in [0.25, 0.3) is 0 Å². The third kappa shape index (κ3) is 6.34. The molecule has 1 N–H and O–H groups in total. The highest BCUT2D eigenvalue weighted by Crippen LogP contribution is 2.28. The maximum Gasteiger partial charge on any atom is 0.247 e. The molecule has 8 heteroatoms. The van der Waals surface area contributed by atoms with Gasteiger partial charge in [-0.25, -0.2) is 0 Å². The van der Waals surface area contributed by atoms with Gasteiger partial charge >= 0.3 is 0 Å². The van der Waals surface area contributed by atoms with Crippen molar-refractivity contribution >= 4 is 23.2 Å². The Morgan fingerprint density at radius 3 is 2.44 bits per heavy atom. The number of carbonyl (C=O) groups excluding carboxylic acids is 2. The summed E-state index contributed by atoms with van der Waals surface area (Å²) in [6, 6.07) is 21.2. The third-order valence-electron chi connectivity index (χ3n) is 5.73. The van der Waals surface area contributed by atoms with Crippen molar-refractivity contribution in [3.8, 4) is 11.5 Å². The topological polar surface area (TPSA) is 81.0 Å². The summed E-state index contributed by atoms with van der Waals surface area (Å²) >= 11 is 1.51. The molecule has 2 aromatic heterocycles. The van der Waals surface area contributed by atoms with Gasteiger partial charge in [-0.2, -0.15) is 0 Å². The molecule has 7 nitrogen and oxygen atoms in total. The maximum absolute atomic E-state index is 13.7. The summed E-state index contributed by atoms with van der Waals surface area (Å²) < 4.78 is 16.2. The number of carbonyl (C=O) groups is 2. The van der Waals surface area contributed by atoms with Gasteiger partial charge in [-0.05, 0) is 59.0 Å². The molecular formula is C28H28N2O5S. The zero-order valence-corrected chi connectivity index (χ0v) is 21.0. The summed E-state index contributed by atoms with van der Waals surface area (Å²) in [4.78, 5) is 29.8. The van der Waals surface area contributed by atoms with Crippen molar-refractivity contribution in [3.05, 3.63) is 106 Å². The molecule has 0 saturated heterocycles. The van der Waals surface area contributed by atoms with Gasteiger partial charge in [0, 0.05) is 11.4 Å². The van der Waals surface area contributed by atoms with Crippen LogP contribution < -0.4 is 14.8 Å². The lowest BCUT2D eigenvalue weighted by Gasteiger charge is -2.31. The van der Waals surface area contributed by atoms with Crippen LogP contribution >= 0.6 is 11.3 Å². The van der Waals surface area contributed by atoms with E-state index in [2.05, 4.69) is 5.32 Å². The Labute approximate surface area is 214 Å². The number of nitrogens with one attached hydrogen (secondary N) is 1. The van der Waals surface area contributed by atoms with Crippen molar-refractivity contribution in [2.45, 2.75) is 25.6 Å². The Morgan fingerprint density at radius 1 is 0.972 bits per heavy atom. The second kappa shape index (κ2) is 12.1. The van der Waals surface area contributed by atoms with Crippen molar-refractivity contribution in [1.29, 1.82) is 0 Å². The van der Waals surface area contributed by atoms with Crippen molar-refractivity contribution in [2.75, 3.05) is 14.2 Å². The first-order valence-electron chi connectivity index (χ1n) is 11.5. The normalized spacial score (nSPS) is 11.5. The summed E-state index contributed by atoms with van der Waals surface area (Å²) in [5.41, 5.74) is 1.56. The van der Waals surface area contributed by atoms with Gasteiger partial charge in [-0.3, -0.25) is 9.59 Å². The molecule has 4 rings (SSSR count). The van der Waals surface area contributed by atoms with Crippen LogP contribution in [0.1, 0.15) is 27.8 Å². The molecule has 0 radical (unpaired) electrons. The fourth-order valence-corrected chi connectivity index (χ4v) is 4.57. The minimum Gasteiger partial charge on any atom is -0.497 e. The number of amides is 2. The highest BCUT2D eigenvalue weighted by atomic mass is 32.1. The number of hydrogen-bond acceptors (Lipinski definition) is 6. The number of hydrogen-bond donors (Lipinski definition) is 1. The van der Waals surface area contributed by atoms with Crippen LogP contribution in [0.3, 0.4) is 0 Å². The molecule has 4 aromatic rings. The average molecular weight is 505 g/mol. The molecule has 0 aliphatic carbocycles. The van der Waals surface area contributed by atoms with Crippen LogP contribution in [-0.4, -0.2) is 30.9 Å². The standard InChI is InChI=1S/C28H28N2O5S/c1-33-22-12-10-20(11-13-22)18-29-28(32)27(21-6-3-7-23(16-21)34-2)30(19-24-8-4-14-35-24)26(31)17-25-9-5-15-36-25/h3-16,27H,17-19H2,1-2H3,(H,29,32)/t27-/m1/s1. The predicted molar refractivity (Wildman–Crippen MR) is 138 cm³/mol. The first kappa shape index (κ1) is 25.1. The highest BCUT2D eigenvalue weighted by molar-refractivity contribution is 7.10. The van der Waals surface area contributed by atoms with Gasteiger partial charge in [-0.1, -0.05) is 30.3 Å². The molecule has 1 atom stereocenters. The summed E-state index contributed by atoms with van der Waals surface area (Å²) in [6.07, 6.45) is 1.74. The maximum atomic E-state index is 13.7. The zero-order valence-electron chi connectivity index (χ0n) is 20.2. The van der Waals surface area contributed by atoms with Crippen molar-refractivity contribution in [1.82, 2.24) is 10.2 Å². The largest absolute Gasteiger partial charge is 0.497 e. The van der Waals surface area contributed by atoms with E-state index in [0.717, 1.165) is 16.2 Å². The van der Waals surface area contributed by atoms with Crippen LogP contribution in [0.15, 0.2) is 88.9 Å². The van der Waals surface area contributed by atoms with Crippen molar-refractivity contribution in [3.63, 3.8) is 0 Å². The summed E-state index contributed by atoms with van der Waals surface area (Å²) in [6.45, 7) is 0.450. The Bertz CT molecular complexity index is 1250.